The minimum absolute atomic E-state index is 0.318. The van der Waals surface area contributed by atoms with Gasteiger partial charge in [0.05, 0.1) is 0 Å². The molecule has 0 bridgehead atoms. The van der Waals surface area contributed by atoms with Crippen LogP contribution in [0.15, 0.2) is 10.2 Å². The van der Waals surface area contributed by atoms with Gasteiger partial charge >= 0.3 is 36.3 Å². The van der Waals surface area contributed by atoms with Gasteiger partial charge in [-0.3, -0.25) is 0 Å². The molecule has 0 radical (unpaired) electrons. The minimum Gasteiger partial charge on any atom is -0.250 e. The molecule has 0 heterocycles. The van der Waals surface area contributed by atoms with Crippen LogP contribution >= 0.6 is 0 Å². The first kappa shape index (κ1) is 32.6. The summed E-state index contributed by atoms with van der Waals surface area (Å²) in [6, 6.07) is 0. The summed E-state index contributed by atoms with van der Waals surface area (Å²) < 4.78 is 197. The Balaban J connectivity index is 7.08. The fourth-order valence-electron chi connectivity index (χ4n) is 2.01. The van der Waals surface area contributed by atoms with E-state index in [1.165, 1.54) is 0 Å². The third-order valence-corrected chi connectivity index (χ3v) is 4.21. The Labute approximate surface area is 184 Å². The molecule has 35 heavy (non-hydrogen) atoms. The molecule has 0 saturated heterocycles. The van der Waals surface area contributed by atoms with E-state index in [-0.39, 0.29) is 13.8 Å². The van der Waals surface area contributed by atoms with Crippen molar-refractivity contribution in [1.82, 2.24) is 0 Å². The van der Waals surface area contributed by atoms with Gasteiger partial charge in [0.15, 0.2) is 17.8 Å². The summed E-state index contributed by atoms with van der Waals surface area (Å²) in [5.41, 5.74) is 10.9. The van der Waals surface area contributed by atoms with E-state index in [0.717, 1.165) is 0 Å². The summed E-state index contributed by atoms with van der Waals surface area (Å²) in [5, 5.41) is 4.10. The Morgan fingerprint density at radius 1 is 0.600 bits per heavy atom. The van der Waals surface area contributed by atoms with Gasteiger partial charge in [-0.05, 0) is 24.9 Å². The molecule has 0 fully saturated rings. The lowest BCUT2D eigenvalue weighted by molar-refractivity contribution is -0.515. The Kier molecular flexibility index (Phi) is 9.56. The lowest BCUT2D eigenvalue weighted by Gasteiger charge is -2.45. The molecule has 0 aromatic heterocycles. The molecular formula is C13H12F14N6O2. The van der Waals surface area contributed by atoms with Crippen LogP contribution in [0.2, 0.25) is 0 Å². The molecule has 0 aliphatic carbocycles. The van der Waals surface area contributed by atoms with Gasteiger partial charge in [-0.1, -0.05) is 10.2 Å². The average Bonchev–Trinajstić information content (AvgIpc) is 2.65. The van der Waals surface area contributed by atoms with E-state index in [1.54, 1.807) is 9.82 Å². The average molecular weight is 550 g/mol. The van der Waals surface area contributed by atoms with Crippen LogP contribution in [0.1, 0.15) is 13.8 Å². The summed E-state index contributed by atoms with van der Waals surface area (Å²) >= 11 is 0. The predicted molar refractivity (Wildman–Crippen MR) is 83.5 cm³/mol. The molecule has 0 aromatic carbocycles. The van der Waals surface area contributed by atoms with Crippen LogP contribution in [-0.2, 0) is 9.47 Å². The summed E-state index contributed by atoms with van der Waals surface area (Å²) in [5.74, 6) is -12.4. The first-order valence-electron chi connectivity index (χ1n) is 8.39. The van der Waals surface area contributed by atoms with Crippen molar-refractivity contribution in [3.63, 3.8) is 0 Å². The van der Waals surface area contributed by atoms with E-state index in [4.69, 9.17) is 11.1 Å². The van der Waals surface area contributed by atoms with Gasteiger partial charge in [0, 0.05) is 22.9 Å². The van der Waals surface area contributed by atoms with Gasteiger partial charge in [0.1, 0.15) is 0 Å². The monoisotopic (exact) mass is 550 g/mol. The first-order valence-corrected chi connectivity index (χ1v) is 8.39. The summed E-state index contributed by atoms with van der Waals surface area (Å²) in [6.45, 7) is -6.22. The van der Waals surface area contributed by atoms with Crippen molar-refractivity contribution < 1.29 is 70.9 Å². The van der Waals surface area contributed by atoms with Gasteiger partial charge < -0.3 is 0 Å². The van der Waals surface area contributed by atoms with Crippen molar-refractivity contribution in [3.05, 3.63) is 20.9 Å². The Morgan fingerprint density at radius 2 is 0.857 bits per heavy atom. The second-order valence-electron chi connectivity index (χ2n) is 6.61. The van der Waals surface area contributed by atoms with Crippen LogP contribution in [-0.4, -0.2) is 61.7 Å². The highest BCUT2D eigenvalue weighted by Crippen LogP contribution is 2.57. The summed E-state index contributed by atoms with van der Waals surface area (Å²) in [7, 11) is 0. The molecule has 0 aliphatic rings. The lowest BCUT2D eigenvalue weighted by atomic mass is 9.84. The third kappa shape index (κ3) is 6.04. The first-order chi connectivity index (χ1) is 15.4. The van der Waals surface area contributed by atoms with E-state index in [9.17, 15) is 61.5 Å². The van der Waals surface area contributed by atoms with Crippen molar-refractivity contribution in [2.24, 2.45) is 15.6 Å². The van der Waals surface area contributed by atoms with Crippen molar-refractivity contribution in [2.75, 3.05) is 13.1 Å². The molecule has 8 nitrogen and oxygen atoms in total. The molecule has 0 aromatic rings. The number of rotatable bonds is 14. The molecule has 0 N–H and O–H groups in total. The van der Waals surface area contributed by atoms with E-state index < -0.39 is 67.1 Å². The maximum Gasteiger partial charge on any atom is 0.426 e. The minimum atomic E-state index is -6.74. The van der Waals surface area contributed by atoms with Gasteiger partial charge in [-0.25, -0.2) is 18.3 Å². The summed E-state index contributed by atoms with van der Waals surface area (Å²) in [4.78, 5) is 3.25. The van der Waals surface area contributed by atoms with Crippen LogP contribution in [0, 0.1) is 5.41 Å². The van der Waals surface area contributed by atoms with E-state index >= 15 is 0 Å². The largest absolute Gasteiger partial charge is 0.426 e. The Bertz CT molecular complexity index is 771. The lowest BCUT2D eigenvalue weighted by Crippen LogP contribution is -2.66. The zero-order chi connectivity index (χ0) is 28.3. The topological polar surface area (TPSA) is 116 Å². The number of alkyl halides is 14. The fourth-order valence-corrected chi connectivity index (χ4v) is 2.01. The number of ether oxygens (including phenoxy) is 2. The molecule has 2 atom stereocenters. The molecule has 0 spiro atoms. The number of nitrogens with zero attached hydrogens (tertiary/aromatic N) is 6. The highest BCUT2D eigenvalue weighted by Gasteiger charge is 2.78. The normalized spacial score (nSPS) is 17.6. The van der Waals surface area contributed by atoms with Crippen LogP contribution < -0.4 is 0 Å². The third-order valence-electron chi connectivity index (χ3n) is 4.21. The molecule has 0 saturated carbocycles. The van der Waals surface area contributed by atoms with E-state index in [0.29, 0.717) is 0 Å². The van der Waals surface area contributed by atoms with Crippen LogP contribution in [0.5, 0.6) is 0 Å². The second-order valence-corrected chi connectivity index (χ2v) is 6.61. The second kappa shape index (κ2) is 10.3. The molecule has 204 valence electrons. The SMILES string of the molecule is CC(F)C(F)(F)C(F)(F)OC(F)(F)C(CN=[N+]=[N-])(CN=[N+]=[N-])C(F)(F)OC(F)(F)C(F)(F)C(C)F. The van der Waals surface area contributed by atoms with Crippen molar-refractivity contribution in [1.29, 1.82) is 0 Å². The van der Waals surface area contributed by atoms with Crippen LogP contribution in [0.3, 0.4) is 0 Å². The molecular weight excluding hydrogens is 538 g/mol. The molecule has 0 rings (SSSR count). The number of halogens is 14. The highest BCUT2D eigenvalue weighted by atomic mass is 19.3. The Morgan fingerprint density at radius 3 is 1.06 bits per heavy atom. The zero-order valence-corrected chi connectivity index (χ0v) is 16.9. The fraction of sp³-hybridized carbons (Fsp3) is 1.00. The number of azide groups is 2. The highest BCUT2D eigenvalue weighted by molar-refractivity contribution is 5.01. The molecule has 2 unspecified atom stereocenters. The van der Waals surface area contributed by atoms with Crippen LogP contribution in [0.25, 0.3) is 20.9 Å². The number of hydrogen-bond donors (Lipinski definition) is 0. The van der Waals surface area contributed by atoms with Gasteiger partial charge in [-0.2, -0.15) is 52.7 Å². The molecule has 0 aliphatic heterocycles. The van der Waals surface area contributed by atoms with Gasteiger partial charge in [0.2, 0.25) is 0 Å². The zero-order valence-electron chi connectivity index (χ0n) is 16.9. The maximum absolute atomic E-state index is 14.6. The Hall–Kier alpha value is -2.44. The molecule has 0 amide bonds. The van der Waals surface area contributed by atoms with Crippen molar-refractivity contribution in [2.45, 2.75) is 62.5 Å². The van der Waals surface area contributed by atoms with Crippen LogP contribution in [0.4, 0.5) is 61.5 Å². The quantitative estimate of drug-likeness (QED) is 0.100. The van der Waals surface area contributed by atoms with Crippen molar-refractivity contribution in [3.8, 4) is 0 Å². The number of hydrogen-bond acceptors (Lipinski definition) is 4. The van der Waals surface area contributed by atoms with E-state index in [1.807, 2.05) is 10.2 Å². The standard InChI is InChI=1S/C13H12F14N6O2/c1-5(14)8(16,17)12(24,25)34-10(20,21)7(3-30-32-28,4-31-33-29)11(22,23)35-13(26,27)9(18,19)6(2)15/h5-6H,3-4H2,1-2H3. The van der Waals surface area contributed by atoms with E-state index in [2.05, 4.69) is 9.47 Å². The smallest absolute Gasteiger partial charge is 0.250 e. The van der Waals surface area contributed by atoms with Gasteiger partial charge in [-0.15, -0.1) is 0 Å². The van der Waals surface area contributed by atoms with Gasteiger partial charge in [0.25, 0.3) is 0 Å². The predicted octanol–water partition coefficient (Wildman–Crippen LogP) is 6.98. The van der Waals surface area contributed by atoms with Crippen molar-refractivity contribution >= 4 is 0 Å². The maximum atomic E-state index is 14.6. The summed E-state index contributed by atoms with van der Waals surface area (Å²) in [6.07, 6.45) is -34.9. The molecule has 22 heteroatoms.